The molecule has 0 aliphatic heterocycles. The largest absolute Gasteiger partial charge is 0.474 e. The van der Waals surface area contributed by atoms with Crippen LogP contribution < -0.4 is 5.32 Å². The van der Waals surface area contributed by atoms with Gasteiger partial charge in [-0.15, -0.1) is 0 Å². The van der Waals surface area contributed by atoms with Gasteiger partial charge in [-0.1, -0.05) is 167 Å². The number of nitrogens with one attached hydrogen (secondary N) is 1. The summed E-state index contributed by atoms with van der Waals surface area (Å²) in [6, 6.07) is -0.739. The molecule has 0 aliphatic carbocycles. The number of unbranched alkanes of at least 4 members (excludes halogenated alkanes) is 23. The second kappa shape index (κ2) is 32.2. The zero-order chi connectivity index (χ0) is 32.6. The molecule has 262 valence electrons. The van der Waals surface area contributed by atoms with E-state index < -0.39 is 20.0 Å². The smallest absolute Gasteiger partial charge is 0.387 e. The summed E-state index contributed by atoms with van der Waals surface area (Å²) in [6.07, 6.45) is 34.6. The second-order valence-electron chi connectivity index (χ2n) is 12.5. The fourth-order valence-corrected chi connectivity index (χ4v) is 6.16. The Morgan fingerprint density at radius 2 is 1.05 bits per heavy atom. The van der Waals surface area contributed by atoms with Gasteiger partial charge in [0, 0.05) is 20.6 Å². The number of phosphoric acid groups is 1. The molecular formula is C36H72NO6P. The van der Waals surface area contributed by atoms with Crippen molar-refractivity contribution in [3.8, 4) is 0 Å². The second-order valence-corrected chi connectivity index (χ2v) is 14.4. The molecule has 0 aromatic rings. The van der Waals surface area contributed by atoms with Crippen molar-refractivity contribution in [2.75, 3.05) is 20.8 Å². The van der Waals surface area contributed by atoms with E-state index in [9.17, 15) is 14.5 Å². The SMILES string of the molecule is CCCCCCCCCCCCC/C=C/[C@@H](O)[C@H](COP(=O)(OC)OC)NC(=O)CCCCCCCCCCCCCCC. The van der Waals surface area contributed by atoms with E-state index in [0.29, 0.717) is 6.42 Å². The Balaban J connectivity index is 4.26. The molecule has 0 aromatic heterocycles. The molecule has 0 radical (unpaired) electrons. The Morgan fingerprint density at radius 1 is 0.659 bits per heavy atom. The lowest BCUT2D eigenvalue weighted by Gasteiger charge is -2.24. The molecule has 0 saturated heterocycles. The van der Waals surface area contributed by atoms with Crippen molar-refractivity contribution < 1.29 is 28.0 Å². The molecule has 2 N–H and O–H groups in total. The summed E-state index contributed by atoms with van der Waals surface area (Å²) in [5.41, 5.74) is 0. The van der Waals surface area contributed by atoms with E-state index in [0.717, 1.165) is 32.1 Å². The predicted octanol–water partition coefficient (Wildman–Crippen LogP) is 11.0. The van der Waals surface area contributed by atoms with E-state index in [1.54, 1.807) is 6.08 Å². The Morgan fingerprint density at radius 3 is 1.45 bits per heavy atom. The van der Waals surface area contributed by atoms with E-state index in [1.807, 2.05) is 6.08 Å². The van der Waals surface area contributed by atoms with Crippen LogP contribution in [-0.2, 0) is 22.9 Å². The summed E-state index contributed by atoms with van der Waals surface area (Å²) in [7, 11) is -1.22. The number of hydrogen-bond donors (Lipinski definition) is 2. The van der Waals surface area contributed by atoms with Crippen molar-refractivity contribution in [3.05, 3.63) is 12.2 Å². The fraction of sp³-hybridized carbons (Fsp3) is 0.917. The molecular weight excluding hydrogens is 573 g/mol. The van der Waals surface area contributed by atoms with Gasteiger partial charge in [0.25, 0.3) is 0 Å². The average molecular weight is 646 g/mol. The number of aliphatic hydroxyl groups is 1. The van der Waals surface area contributed by atoms with Gasteiger partial charge in [-0.05, 0) is 19.3 Å². The maximum Gasteiger partial charge on any atom is 0.474 e. The quantitative estimate of drug-likeness (QED) is 0.0411. The lowest BCUT2D eigenvalue weighted by molar-refractivity contribution is -0.123. The van der Waals surface area contributed by atoms with Crippen LogP contribution in [0.2, 0.25) is 0 Å². The van der Waals surface area contributed by atoms with Crippen molar-refractivity contribution in [1.29, 1.82) is 0 Å². The monoisotopic (exact) mass is 646 g/mol. The number of aliphatic hydroxyl groups excluding tert-OH is 1. The van der Waals surface area contributed by atoms with Gasteiger partial charge in [0.1, 0.15) is 0 Å². The van der Waals surface area contributed by atoms with Crippen LogP contribution in [0.3, 0.4) is 0 Å². The zero-order valence-electron chi connectivity index (χ0n) is 29.3. The molecule has 0 heterocycles. The summed E-state index contributed by atoms with van der Waals surface area (Å²) in [5.74, 6) is -0.135. The van der Waals surface area contributed by atoms with Crippen molar-refractivity contribution in [3.63, 3.8) is 0 Å². The number of carbonyl (C=O) groups excluding carboxylic acids is 1. The van der Waals surface area contributed by atoms with Crippen LogP contribution in [0.4, 0.5) is 0 Å². The normalized spacial score (nSPS) is 13.5. The lowest BCUT2D eigenvalue weighted by Crippen LogP contribution is -2.45. The highest BCUT2D eigenvalue weighted by Gasteiger charge is 2.28. The van der Waals surface area contributed by atoms with Crippen LogP contribution in [0, 0.1) is 0 Å². The van der Waals surface area contributed by atoms with Gasteiger partial charge in [0.05, 0.1) is 18.8 Å². The molecule has 0 aliphatic rings. The number of amides is 1. The third-order valence-corrected chi connectivity index (χ3v) is 9.79. The van der Waals surface area contributed by atoms with Crippen molar-refractivity contribution in [2.24, 2.45) is 0 Å². The maximum absolute atomic E-state index is 12.7. The minimum absolute atomic E-state index is 0.135. The molecule has 44 heavy (non-hydrogen) atoms. The van der Waals surface area contributed by atoms with Gasteiger partial charge in [0.2, 0.25) is 5.91 Å². The van der Waals surface area contributed by atoms with E-state index in [4.69, 9.17) is 13.6 Å². The highest BCUT2D eigenvalue weighted by molar-refractivity contribution is 7.48. The Bertz CT molecular complexity index is 696. The zero-order valence-corrected chi connectivity index (χ0v) is 30.2. The molecule has 7 nitrogen and oxygen atoms in total. The average Bonchev–Trinajstić information content (AvgIpc) is 3.03. The van der Waals surface area contributed by atoms with E-state index >= 15 is 0 Å². The standard InChI is InChI=1S/C36H72NO6P/c1-5-7-9-11-13-15-17-19-21-23-25-27-29-31-35(38)34(33-43-44(40,41-3)42-4)37-36(39)32-30-28-26-24-22-20-18-16-14-12-10-8-6-2/h29,31,34-35,38H,5-28,30,32-33H2,1-4H3,(H,37,39)/b31-29+/t34-,35+/m0/s1. The predicted molar refractivity (Wildman–Crippen MR) is 186 cm³/mol. The highest BCUT2D eigenvalue weighted by Crippen LogP contribution is 2.47. The van der Waals surface area contributed by atoms with Gasteiger partial charge in [0.15, 0.2) is 0 Å². The molecule has 2 atom stereocenters. The summed E-state index contributed by atoms with van der Waals surface area (Å²) in [6.45, 7) is 4.34. The first-order valence-electron chi connectivity index (χ1n) is 18.4. The molecule has 0 aromatic carbocycles. The number of hydrogen-bond acceptors (Lipinski definition) is 6. The third kappa shape index (κ3) is 27.6. The van der Waals surface area contributed by atoms with Crippen LogP contribution in [0.5, 0.6) is 0 Å². The minimum Gasteiger partial charge on any atom is -0.387 e. The van der Waals surface area contributed by atoms with Gasteiger partial charge in [-0.25, -0.2) is 4.57 Å². The summed E-state index contributed by atoms with van der Waals surface area (Å²) >= 11 is 0. The van der Waals surface area contributed by atoms with Crippen LogP contribution in [0.1, 0.15) is 181 Å². The molecule has 0 spiro atoms. The molecule has 1 amide bonds. The molecule has 0 saturated carbocycles. The Labute approximate surface area is 272 Å². The van der Waals surface area contributed by atoms with Gasteiger partial charge >= 0.3 is 7.82 Å². The van der Waals surface area contributed by atoms with Gasteiger partial charge in [-0.2, -0.15) is 0 Å². The lowest BCUT2D eigenvalue weighted by atomic mass is 10.0. The first-order valence-corrected chi connectivity index (χ1v) is 19.9. The van der Waals surface area contributed by atoms with Crippen LogP contribution in [0.15, 0.2) is 12.2 Å². The molecule has 0 fully saturated rings. The van der Waals surface area contributed by atoms with Crippen molar-refractivity contribution in [1.82, 2.24) is 5.32 Å². The third-order valence-electron chi connectivity index (χ3n) is 8.43. The number of carbonyl (C=O) groups is 1. The van der Waals surface area contributed by atoms with E-state index in [2.05, 4.69) is 19.2 Å². The molecule has 8 heteroatoms. The molecule has 0 rings (SSSR count). The van der Waals surface area contributed by atoms with Gasteiger partial charge in [-0.3, -0.25) is 18.4 Å². The fourth-order valence-electron chi connectivity index (χ4n) is 5.46. The van der Waals surface area contributed by atoms with E-state index in [1.165, 1.54) is 143 Å². The van der Waals surface area contributed by atoms with E-state index in [-0.39, 0.29) is 12.5 Å². The van der Waals surface area contributed by atoms with Crippen LogP contribution in [-0.4, -0.2) is 44.0 Å². The van der Waals surface area contributed by atoms with Crippen LogP contribution in [0.25, 0.3) is 0 Å². The van der Waals surface area contributed by atoms with Crippen molar-refractivity contribution in [2.45, 2.75) is 193 Å². The maximum atomic E-state index is 12.7. The first kappa shape index (κ1) is 43.3. The Hall–Kier alpha value is -0.720. The van der Waals surface area contributed by atoms with Crippen molar-refractivity contribution >= 4 is 13.7 Å². The first-order chi connectivity index (χ1) is 21.4. The highest BCUT2D eigenvalue weighted by atomic mass is 31.2. The topological polar surface area (TPSA) is 94.1 Å². The number of rotatable bonds is 34. The van der Waals surface area contributed by atoms with Crippen LogP contribution >= 0.6 is 7.82 Å². The number of allylic oxidation sites excluding steroid dienone is 1. The number of phosphoric ester groups is 1. The summed E-state index contributed by atoms with van der Waals surface area (Å²) < 4.78 is 27.4. The Kier molecular flexibility index (Phi) is 31.7. The van der Waals surface area contributed by atoms with Gasteiger partial charge < -0.3 is 10.4 Å². The summed E-state index contributed by atoms with van der Waals surface area (Å²) in [5, 5.41) is 13.7. The summed E-state index contributed by atoms with van der Waals surface area (Å²) in [4.78, 5) is 12.7. The molecule has 0 bridgehead atoms. The minimum atomic E-state index is -3.72. The molecule has 0 unspecified atom stereocenters.